The zero-order valence-electron chi connectivity index (χ0n) is 21.5. The van der Waals surface area contributed by atoms with Crippen molar-refractivity contribution in [2.45, 2.75) is 45.6 Å². The predicted octanol–water partition coefficient (Wildman–Crippen LogP) is 7.11. The number of anilines is 3. The van der Waals surface area contributed by atoms with Gasteiger partial charge < -0.3 is 10.2 Å². The number of nitrogens with zero attached hydrogens (tertiary/aromatic N) is 2. The number of halogens is 1. The molecule has 37 heavy (non-hydrogen) atoms. The number of hydrogen-bond acceptors (Lipinski definition) is 4. The molecule has 0 aromatic heterocycles. The first-order valence-electron chi connectivity index (χ1n) is 12.9. The van der Waals surface area contributed by atoms with Gasteiger partial charge in [-0.05, 0) is 73.7 Å². The Morgan fingerprint density at radius 3 is 2.24 bits per heavy atom. The summed E-state index contributed by atoms with van der Waals surface area (Å²) in [7, 11) is 0. The number of nitrogens with one attached hydrogen (secondary N) is 1. The molecule has 1 N–H and O–H groups in total. The quantitative estimate of drug-likeness (QED) is 0.395. The Morgan fingerprint density at radius 1 is 0.946 bits per heavy atom. The lowest BCUT2D eigenvalue weighted by Gasteiger charge is -2.35. The van der Waals surface area contributed by atoms with E-state index in [1.165, 1.54) is 0 Å². The van der Waals surface area contributed by atoms with Crippen molar-refractivity contribution >= 4 is 40.4 Å². The molecule has 6 heteroatoms. The third-order valence-corrected chi connectivity index (χ3v) is 7.76. The van der Waals surface area contributed by atoms with Crippen LogP contribution in [0.25, 0.3) is 0 Å². The second-order valence-corrected chi connectivity index (χ2v) is 10.1. The van der Waals surface area contributed by atoms with Crippen LogP contribution < -0.4 is 15.1 Å². The Hall–Kier alpha value is -3.57. The first-order chi connectivity index (χ1) is 17.9. The first-order valence-corrected chi connectivity index (χ1v) is 13.3. The van der Waals surface area contributed by atoms with E-state index in [1.807, 2.05) is 48.5 Å². The lowest BCUT2D eigenvalue weighted by Crippen LogP contribution is -2.37. The van der Waals surface area contributed by atoms with Gasteiger partial charge in [-0.3, -0.25) is 14.5 Å². The van der Waals surface area contributed by atoms with Crippen LogP contribution in [-0.4, -0.2) is 24.8 Å². The zero-order valence-corrected chi connectivity index (χ0v) is 22.3. The highest BCUT2D eigenvalue weighted by atomic mass is 35.5. The molecule has 1 heterocycles. The number of fused-ring (bicyclic) bond motifs is 1. The third-order valence-electron chi connectivity index (χ3n) is 7.51. The number of rotatable bonds is 5. The van der Waals surface area contributed by atoms with Crippen molar-refractivity contribution in [1.82, 2.24) is 0 Å². The van der Waals surface area contributed by atoms with E-state index in [-0.39, 0.29) is 17.6 Å². The molecule has 2 aliphatic rings. The van der Waals surface area contributed by atoms with Gasteiger partial charge in [0.25, 0.3) is 0 Å². The molecular formula is C31H32ClN3O2. The molecule has 0 spiro atoms. The molecule has 0 fully saturated rings. The molecule has 0 bridgehead atoms. The Labute approximate surface area is 223 Å². The number of Topliss-reactive ketones (excluding diaryl/α,β-unsaturated/α-hetero) is 1. The predicted molar refractivity (Wildman–Crippen MR) is 151 cm³/mol. The second kappa shape index (κ2) is 10.4. The molecular weight excluding hydrogens is 482 g/mol. The van der Waals surface area contributed by atoms with E-state index in [1.54, 1.807) is 11.8 Å². The van der Waals surface area contributed by atoms with Gasteiger partial charge in [0.05, 0.1) is 17.4 Å². The van der Waals surface area contributed by atoms with Gasteiger partial charge in [-0.2, -0.15) is 0 Å². The number of benzene rings is 3. The van der Waals surface area contributed by atoms with Crippen LogP contribution in [0.15, 0.2) is 84.1 Å². The van der Waals surface area contributed by atoms with E-state index in [0.717, 1.165) is 47.0 Å². The normalized spacial score (nSPS) is 19.0. The third kappa shape index (κ3) is 4.76. The van der Waals surface area contributed by atoms with Crippen LogP contribution in [0.2, 0.25) is 5.02 Å². The van der Waals surface area contributed by atoms with Gasteiger partial charge in [-0.25, -0.2) is 0 Å². The summed E-state index contributed by atoms with van der Waals surface area (Å²) in [5.41, 5.74) is 6.30. The highest BCUT2D eigenvalue weighted by Gasteiger charge is 2.40. The number of amides is 1. The maximum absolute atomic E-state index is 13.9. The largest absolute Gasteiger partial charge is 0.372 e. The molecule has 5 nitrogen and oxygen atoms in total. The maximum Gasteiger partial charge on any atom is 0.224 e. The molecule has 1 aliphatic heterocycles. The minimum absolute atomic E-state index is 0.0396. The number of hydrogen-bond donors (Lipinski definition) is 1. The molecule has 2 atom stereocenters. The van der Waals surface area contributed by atoms with Crippen LogP contribution in [0.1, 0.15) is 56.7 Å². The fourth-order valence-corrected chi connectivity index (χ4v) is 5.81. The van der Waals surface area contributed by atoms with E-state index in [2.05, 4.69) is 48.3 Å². The summed E-state index contributed by atoms with van der Waals surface area (Å²) in [6.07, 6.45) is 1.06. The molecule has 3 aromatic rings. The van der Waals surface area contributed by atoms with Crippen LogP contribution in [0.4, 0.5) is 17.1 Å². The monoisotopic (exact) mass is 513 g/mol. The summed E-state index contributed by atoms with van der Waals surface area (Å²) >= 11 is 6.12. The van der Waals surface area contributed by atoms with Gasteiger partial charge in [0.15, 0.2) is 5.78 Å². The fourth-order valence-electron chi connectivity index (χ4n) is 5.68. The lowest BCUT2D eigenvalue weighted by molar-refractivity contribution is -0.117. The van der Waals surface area contributed by atoms with Crippen molar-refractivity contribution in [3.63, 3.8) is 0 Å². The summed E-state index contributed by atoms with van der Waals surface area (Å²) < 4.78 is 0. The average molecular weight is 514 g/mol. The van der Waals surface area contributed by atoms with Crippen molar-refractivity contribution in [2.24, 2.45) is 0 Å². The van der Waals surface area contributed by atoms with Gasteiger partial charge in [-0.1, -0.05) is 48.0 Å². The van der Waals surface area contributed by atoms with E-state index in [0.29, 0.717) is 23.4 Å². The number of para-hydroxylation sites is 2. The van der Waals surface area contributed by atoms with Crippen LogP contribution in [0.5, 0.6) is 0 Å². The second-order valence-electron chi connectivity index (χ2n) is 9.67. The Bertz CT molecular complexity index is 1340. The number of carbonyl (C=O) groups excluding carboxylic acids is 2. The van der Waals surface area contributed by atoms with E-state index in [9.17, 15) is 9.59 Å². The van der Waals surface area contributed by atoms with Crippen LogP contribution in [0.3, 0.4) is 0 Å². The molecule has 1 aliphatic carbocycles. The first kappa shape index (κ1) is 25.1. The number of allylic oxidation sites excluding steroid dienone is 1. The minimum Gasteiger partial charge on any atom is -0.372 e. The molecule has 0 saturated carbocycles. The smallest absolute Gasteiger partial charge is 0.224 e. The molecule has 2 unspecified atom stereocenters. The Morgan fingerprint density at radius 2 is 1.59 bits per heavy atom. The van der Waals surface area contributed by atoms with Crippen LogP contribution in [0, 0.1) is 0 Å². The fraction of sp³-hybridized carbons (Fsp3) is 0.290. The van der Waals surface area contributed by atoms with E-state index in [4.69, 9.17) is 11.6 Å². The molecule has 1 amide bonds. The van der Waals surface area contributed by atoms with Crippen molar-refractivity contribution in [3.05, 3.63) is 100 Å². The maximum atomic E-state index is 13.9. The highest BCUT2D eigenvalue weighted by Crippen LogP contribution is 2.47. The Balaban J connectivity index is 1.65. The van der Waals surface area contributed by atoms with Gasteiger partial charge in [0.2, 0.25) is 5.91 Å². The van der Waals surface area contributed by atoms with Crippen molar-refractivity contribution in [1.29, 1.82) is 0 Å². The molecule has 5 rings (SSSR count). The van der Waals surface area contributed by atoms with Crippen LogP contribution >= 0.6 is 11.6 Å². The molecule has 0 radical (unpaired) electrons. The van der Waals surface area contributed by atoms with Crippen molar-refractivity contribution in [2.75, 3.05) is 28.2 Å². The van der Waals surface area contributed by atoms with E-state index >= 15 is 0 Å². The molecule has 190 valence electrons. The topological polar surface area (TPSA) is 52.7 Å². The average Bonchev–Trinajstić information content (AvgIpc) is 3.05. The van der Waals surface area contributed by atoms with Gasteiger partial charge in [0, 0.05) is 48.4 Å². The minimum atomic E-state index is -0.506. The van der Waals surface area contributed by atoms with Crippen molar-refractivity contribution in [3.8, 4) is 0 Å². The van der Waals surface area contributed by atoms with E-state index < -0.39 is 6.04 Å². The summed E-state index contributed by atoms with van der Waals surface area (Å²) in [5, 5.41) is 4.24. The zero-order chi connectivity index (χ0) is 26.1. The number of ketones is 1. The SMILES string of the molecule is CCN(CC)c1ccc(C2C3=C(CC(c4ccc(Cl)cc4)CC3=O)Nc3ccccc3N2C(C)=O)cc1. The van der Waals surface area contributed by atoms with Crippen molar-refractivity contribution < 1.29 is 9.59 Å². The highest BCUT2D eigenvalue weighted by molar-refractivity contribution is 6.30. The molecule has 3 aromatic carbocycles. The van der Waals surface area contributed by atoms with Gasteiger partial charge in [0.1, 0.15) is 0 Å². The van der Waals surface area contributed by atoms with Crippen LogP contribution in [-0.2, 0) is 9.59 Å². The Kier molecular flexibility index (Phi) is 7.07. The standard InChI is InChI=1S/C31H32ClN3O2/c1-4-34(5-2)25-16-12-22(13-17-25)31-30-27(33-26-8-6-7-9-28(26)35(31)20(3)36)18-23(19-29(30)37)21-10-14-24(32)15-11-21/h6-17,23,31,33H,4-5,18-19H2,1-3H3. The number of carbonyl (C=O) groups is 2. The summed E-state index contributed by atoms with van der Waals surface area (Å²) in [6.45, 7) is 7.67. The molecule has 0 saturated heterocycles. The summed E-state index contributed by atoms with van der Waals surface area (Å²) in [4.78, 5) is 31.2. The lowest BCUT2D eigenvalue weighted by atomic mass is 9.78. The summed E-state index contributed by atoms with van der Waals surface area (Å²) in [5.74, 6) is -0.00299. The van der Waals surface area contributed by atoms with Gasteiger partial charge in [-0.15, -0.1) is 0 Å². The summed E-state index contributed by atoms with van der Waals surface area (Å²) in [6, 6.07) is 23.3. The van der Waals surface area contributed by atoms with Gasteiger partial charge >= 0.3 is 0 Å².